The van der Waals surface area contributed by atoms with E-state index in [2.05, 4.69) is 40.6 Å². The number of halogens is 2. The molecule has 1 unspecified atom stereocenters. The van der Waals surface area contributed by atoms with Crippen LogP contribution in [0.2, 0.25) is 25.7 Å². The lowest BCUT2D eigenvalue weighted by Gasteiger charge is -2.37. The zero-order valence-corrected chi connectivity index (χ0v) is 24.3. The van der Waals surface area contributed by atoms with E-state index >= 15 is 0 Å². The van der Waals surface area contributed by atoms with Gasteiger partial charge >= 0.3 is 6.09 Å². The van der Waals surface area contributed by atoms with Gasteiger partial charge in [0, 0.05) is 36.8 Å². The molecule has 1 aliphatic heterocycles. The lowest BCUT2D eigenvalue weighted by Crippen LogP contribution is -2.46. The Labute approximate surface area is 215 Å². The number of hydrogen-bond acceptors (Lipinski definition) is 7. The van der Waals surface area contributed by atoms with Crippen molar-refractivity contribution in [1.82, 2.24) is 9.88 Å². The van der Waals surface area contributed by atoms with E-state index in [1.54, 1.807) is 26.8 Å². The Balaban J connectivity index is 1.98. The van der Waals surface area contributed by atoms with E-state index in [9.17, 15) is 14.3 Å². The maximum atomic E-state index is 14.9. The minimum absolute atomic E-state index is 0.0350. The van der Waals surface area contributed by atoms with Crippen molar-refractivity contribution in [2.45, 2.75) is 75.7 Å². The van der Waals surface area contributed by atoms with Crippen LogP contribution >= 0.6 is 27.7 Å². The van der Waals surface area contributed by atoms with Crippen LogP contribution in [0, 0.1) is 11.9 Å². The molecule has 2 heterocycles. The van der Waals surface area contributed by atoms with Gasteiger partial charge in [-0.05, 0) is 62.2 Å². The molecule has 11 heteroatoms. The van der Waals surface area contributed by atoms with Crippen LogP contribution in [0.15, 0.2) is 21.7 Å². The summed E-state index contributed by atoms with van der Waals surface area (Å²) in [6.45, 7) is 14.4. The number of nitrogens with zero attached hydrogens (tertiary/aromatic N) is 3. The molecule has 34 heavy (non-hydrogen) atoms. The molecule has 0 radical (unpaired) electrons. The second-order valence-electron chi connectivity index (χ2n) is 11.4. The zero-order chi connectivity index (χ0) is 25.5. The fourth-order valence-corrected chi connectivity index (χ4v) is 6.59. The normalized spacial score (nSPS) is 26.5. The minimum atomic E-state index is -1.32. The van der Waals surface area contributed by atoms with Gasteiger partial charge in [0.1, 0.15) is 12.3 Å². The van der Waals surface area contributed by atoms with Gasteiger partial charge in [-0.3, -0.25) is 4.99 Å². The second-order valence-corrected chi connectivity index (χ2v) is 19.3. The number of aromatic nitrogens is 1. The molecular weight excluding hydrogens is 541 g/mol. The number of aliphatic imine (C=N–C) groups is 1. The van der Waals surface area contributed by atoms with Gasteiger partial charge in [-0.25, -0.2) is 14.7 Å². The number of ether oxygens (including phenoxy) is 2. The Kier molecular flexibility index (Phi) is 7.95. The molecule has 1 aromatic rings. The first-order valence-corrected chi connectivity index (χ1v) is 16.7. The van der Waals surface area contributed by atoms with Gasteiger partial charge in [-0.2, -0.15) is 4.39 Å². The maximum absolute atomic E-state index is 14.9. The summed E-state index contributed by atoms with van der Waals surface area (Å²) in [5.74, 6) is -0.715. The van der Waals surface area contributed by atoms with Crippen LogP contribution in [0.5, 0.6) is 0 Å². The number of amidine groups is 1. The topological polar surface area (TPSA) is 84.2 Å². The van der Waals surface area contributed by atoms with Crippen LogP contribution in [-0.4, -0.2) is 64.6 Å². The highest BCUT2D eigenvalue weighted by Crippen LogP contribution is 2.66. The summed E-state index contributed by atoms with van der Waals surface area (Å²) >= 11 is 4.72. The largest absolute Gasteiger partial charge is 0.443 e. The molecule has 1 saturated carbocycles. The first-order valence-electron chi connectivity index (χ1n) is 11.4. The number of hydrogen-bond donors (Lipinski definition) is 1. The molecule has 2 aliphatic rings. The Bertz CT molecular complexity index is 971. The van der Waals surface area contributed by atoms with Crippen LogP contribution in [0.4, 0.5) is 9.18 Å². The van der Waals surface area contributed by atoms with Crippen molar-refractivity contribution >= 4 is 47.0 Å². The third-order valence-electron chi connectivity index (χ3n) is 6.01. The molecule has 3 rings (SSSR count). The molecule has 190 valence electrons. The van der Waals surface area contributed by atoms with Gasteiger partial charge in [0.2, 0.25) is 5.95 Å². The SMILES string of the molecule is CC(C)(C)OC(=O)N(COCC[Si](C)(C)C)C1=N[C@](C)(c2cc(Br)cnc2F)C2C[C@]2(CO)S1. The van der Waals surface area contributed by atoms with Crippen LogP contribution in [0.25, 0.3) is 0 Å². The molecule has 0 saturated heterocycles. The number of pyridine rings is 1. The summed E-state index contributed by atoms with van der Waals surface area (Å²) in [5.41, 5.74) is -1.40. The van der Waals surface area contributed by atoms with Crippen LogP contribution < -0.4 is 0 Å². The molecule has 0 spiro atoms. The number of aliphatic hydroxyl groups is 1. The number of thioether (sulfide) groups is 1. The fourth-order valence-electron chi connectivity index (χ4n) is 3.98. The standard InChI is InChI=1S/C23H35BrFN3O4SSi/c1-21(2,3)32-20(30)28(14-31-8-9-34(5,6)7)19-27-22(4,17-11-23(17,13-29)33-19)16-10-15(24)12-26-18(16)25/h10,12,17,29H,8-9,11,13-14H2,1-7H3/t17?,22-,23-/m1/s1. The van der Waals surface area contributed by atoms with E-state index in [1.165, 1.54) is 22.9 Å². The van der Waals surface area contributed by atoms with E-state index in [4.69, 9.17) is 14.5 Å². The van der Waals surface area contributed by atoms with Gasteiger partial charge < -0.3 is 14.6 Å². The van der Waals surface area contributed by atoms with Gasteiger partial charge in [-0.15, -0.1) is 0 Å². The molecule has 0 bridgehead atoms. The summed E-state index contributed by atoms with van der Waals surface area (Å²) < 4.78 is 26.5. The number of aliphatic hydroxyl groups excluding tert-OH is 1. The van der Waals surface area contributed by atoms with Crippen molar-refractivity contribution in [1.29, 1.82) is 0 Å². The van der Waals surface area contributed by atoms with Crippen molar-refractivity contribution in [2.75, 3.05) is 19.9 Å². The van der Waals surface area contributed by atoms with Crippen molar-refractivity contribution < 1.29 is 23.8 Å². The molecule has 3 atom stereocenters. The predicted octanol–water partition coefficient (Wildman–Crippen LogP) is 5.60. The minimum Gasteiger partial charge on any atom is -0.443 e. The van der Waals surface area contributed by atoms with Crippen LogP contribution in [0.1, 0.15) is 39.7 Å². The third kappa shape index (κ3) is 6.21. The Morgan fingerprint density at radius 3 is 2.68 bits per heavy atom. The van der Waals surface area contributed by atoms with Crippen molar-refractivity contribution in [3.8, 4) is 0 Å². The second kappa shape index (κ2) is 9.80. The highest BCUT2D eigenvalue weighted by atomic mass is 79.9. The molecule has 0 aromatic carbocycles. The average molecular weight is 577 g/mol. The van der Waals surface area contributed by atoms with E-state index < -0.39 is 36.0 Å². The predicted molar refractivity (Wildman–Crippen MR) is 139 cm³/mol. The van der Waals surface area contributed by atoms with Gasteiger partial charge in [0.25, 0.3) is 0 Å². The maximum Gasteiger partial charge on any atom is 0.418 e. The number of carbonyl (C=O) groups is 1. The zero-order valence-electron chi connectivity index (χ0n) is 20.9. The summed E-state index contributed by atoms with van der Waals surface area (Å²) in [6, 6.07) is 2.62. The first kappa shape index (κ1) is 27.6. The van der Waals surface area contributed by atoms with E-state index in [-0.39, 0.29) is 19.3 Å². The van der Waals surface area contributed by atoms with Gasteiger partial charge in [0.15, 0.2) is 5.17 Å². The number of amides is 1. The van der Waals surface area contributed by atoms with E-state index in [1.807, 2.05) is 6.92 Å². The first-order chi connectivity index (χ1) is 15.6. The molecule has 1 fully saturated rings. The average Bonchev–Trinajstić information content (AvgIpc) is 3.44. The Morgan fingerprint density at radius 2 is 2.09 bits per heavy atom. The lowest BCUT2D eigenvalue weighted by molar-refractivity contribution is 0.0110. The number of fused-ring (bicyclic) bond motifs is 1. The molecular formula is C23H35BrFN3O4SSi. The molecule has 1 aromatic heterocycles. The van der Waals surface area contributed by atoms with Crippen molar-refractivity contribution in [3.05, 3.63) is 28.2 Å². The van der Waals surface area contributed by atoms with Gasteiger partial charge in [0.05, 0.1) is 16.9 Å². The summed E-state index contributed by atoms with van der Waals surface area (Å²) in [7, 11) is -1.32. The smallest absolute Gasteiger partial charge is 0.418 e. The summed E-state index contributed by atoms with van der Waals surface area (Å²) in [4.78, 5) is 23.3. The lowest BCUT2D eigenvalue weighted by atomic mass is 9.87. The highest BCUT2D eigenvalue weighted by Gasteiger charge is 2.67. The number of carbonyl (C=O) groups excluding carboxylic acids is 1. The summed E-state index contributed by atoms with van der Waals surface area (Å²) in [5, 5.41) is 10.6. The quantitative estimate of drug-likeness (QED) is 0.197. The van der Waals surface area contributed by atoms with Crippen LogP contribution in [0.3, 0.4) is 0 Å². The molecule has 1 aliphatic carbocycles. The third-order valence-corrected chi connectivity index (χ3v) is 9.62. The van der Waals surface area contributed by atoms with E-state index in [0.29, 0.717) is 28.2 Å². The van der Waals surface area contributed by atoms with Crippen molar-refractivity contribution in [2.24, 2.45) is 10.9 Å². The number of rotatable bonds is 7. The van der Waals surface area contributed by atoms with E-state index in [0.717, 1.165) is 6.04 Å². The Hall–Kier alpha value is -1.01. The molecule has 7 nitrogen and oxygen atoms in total. The molecule has 1 N–H and O–H groups in total. The van der Waals surface area contributed by atoms with Gasteiger partial charge in [-0.1, -0.05) is 31.4 Å². The fraction of sp³-hybridized carbons (Fsp3) is 0.696. The van der Waals surface area contributed by atoms with Crippen molar-refractivity contribution in [3.63, 3.8) is 0 Å². The highest BCUT2D eigenvalue weighted by molar-refractivity contribution is 9.10. The summed E-state index contributed by atoms with van der Waals surface area (Å²) in [6.07, 6.45) is 1.45. The Morgan fingerprint density at radius 1 is 1.41 bits per heavy atom. The monoisotopic (exact) mass is 575 g/mol. The molecule has 1 amide bonds. The van der Waals surface area contributed by atoms with Crippen LogP contribution in [-0.2, 0) is 15.0 Å².